The normalized spacial score (nSPS) is 20.3. The van der Waals surface area contributed by atoms with Crippen LogP contribution in [-0.4, -0.2) is 42.9 Å². The van der Waals surface area contributed by atoms with E-state index in [0.29, 0.717) is 43.4 Å². The maximum atomic E-state index is 12.2. The second-order valence-electron chi connectivity index (χ2n) is 5.70. The minimum Gasteiger partial charge on any atom is -0.490 e. The van der Waals surface area contributed by atoms with Gasteiger partial charge in [-0.1, -0.05) is 13.8 Å². The maximum absolute atomic E-state index is 12.2. The number of hydrogen-bond acceptors (Lipinski definition) is 5. The van der Waals surface area contributed by atoms with Crippen LogP contribution in [0.2, 0.25) is 0 Å². The molecule has 0 bridgehead atoms. The van der Waals surface area contributed by atoms with E-state index in [1.165, 1.54) is 0 Å². The van der Waals surface area contributed by atoms with Crippen LogP contribution in [0.4, 0.5) is 5.69 Å². The van der Waals surface area contributed by atoms with Crippen molar-refractivity contribution in [3.63, 3.8) is 0 Å². The van der Waals surface area contributed by atoms with E-state index in [2.05, 4.69) is 10.6 Å². The third-order valence-electron chi connectivity index (χ3n) is 3.56. The van der Waals surface area contributed by atoms with Crippen LogP contribution in [0, 0.1) is 0 Å². The summed E-state index contributed by atoms with van der Waals surface area (Å²) < 4.78 is 11.4. The smallest absolute Gasteiger partial charge is 0.241 e. The fourth-order valence-electron chi connectivity index (χ4n) is 2.39. The summed E-state index contributed by atoms with van der Waals surface area (Å²) in [6, 6.07) is 5.03. The first kappa shape index (κ1) is 17.6. The molecule has 3 N–H and O–H groups in total. The second-order valence-corrected chi connectivity index (χ2v) is 5.70. The highest BCUT2D eigenvalue weighted by Gasteiger charge is 2.28. The Kier molecular flexibility index (Phi) is 6.67. The van der Waals surface area contributed by atoms with Crippen molar-refractivity contribution >= 4 is 11.6 Å². The van der Waals surface area contributed by atoms with Crippen molar-refractivity contribution in [3.8, 4) is 11.5 Å². The lowest BCUT2D eigenvalue weighted by Gasteiger charge is -2.15. The van der Waals surface area contributed by atoms with Gasteiger partial charge >= 0.3 is 0 Å². The van der Waals surface area contributed by atoms with E-state index in [1.807, 2.05) is 19.9 Å². The fourth-order valence-corrected chi connectivity index (χ4v) is 2.39. The third-order valence-corrected chi connectivity index (χ3v) is 3.56. The van der Waals surface area contributed by atoms with Gasteiger partial charge in [0.1, 0.15) is 0 Å². The van der Waals surface area contributed by atoms with E-state index in [4.69, 9.17) is 9.47 Å². The number of hydrogen-bond donors (Lipinski definition) is 3. The molecule has 1 aromatic carbocycles. The maximum Gasteiger partial charge on any atom is 0.241 e. The largest absolute Gasteiger partial charge is 0.490 e. The molecule has 0 radical (unpaired) electrons. The molecule has 2 atom stereocenters. The summed E-state index contributed by atoms with van der Waals surface area (Å²) >= 11 is 0. The monoisotopic (exact) mass is 322 g/mol. The van der Waals surface area contributed by atoms with Crippen LogP contribution in [0.1, 0.15) is 33.1 Å². The number of ether oxygens (including phenoxy) is 2. The van der Waals surface area contributed by atoms with Crippen LogP contribution in [0.5, 0.6) is 11.5 Å². The molecule has 1 amide bonds. The van der Waals surface area contributed by atoms with Crippen LogP contribution in [-0.2, 0) is 4.79 Å². The quantitative estimate of drug-likeness (QED) is 0.681. The molecule has 6 heteroatoms. The minimum atomic E-state index is -0.459. The molecule has 0 saturated carbocycles. The van der Waals surface area contributed by atoms with Crippen LogP contribution in [0.3, 0.4) is 0 Å². The lowest BCUT2D eigenvalue weighted by molar-refractivity contribution is -0.117. The van der Waals surface area contributed by atoms with Crippen LogP contribution in [0.15, 0.2) is 18.2 Å². The van der Waals surface area contributed by atoms with Gasteiger partial charge in [0.2, 0.25) is 5.91 Å². The zero-order valence-corrected chi connectivity index (χ0v) is 13.8. The molecule has 0 aliphatic carbocycles. The summed E-state index contributed by atoms with van der Waals surface area (Å²) in [5.74, 6) is 1.18. The van der Waals surface area contributed by atoms with Crippen LogP contribution >= 0.6 is 0 Å². The van der Waals surface area contributed by atoms with Gasteiger partial charge in [0.25, 0.3) is 0 Å². The third kappa shape index (κ3) is 5.11. The summed E-state index contributed by atoms with van der Waals surface area (Å²) in [6.07, 6.45) is 1.79. The fraction of sp³-hybridized carbons (Fsp3) is 0.588. The summed E-state index contributed by atoms with van der Waals surface area (Å²) in [4.78, 5) is 12.2. The summed E-state index contributed by atoms with van der Waals surface area (Å²) in [7, 11) is 0. The van der Waals surface area contributed by atoms with Crippen molar-refractivity contribution in [1.82, 2.24) is 5.32 Å². The average molecular weight is 322 g/mol. The minimum absolute atomic E-state index is 0.148. The summed E-state index contributed by atoms with van der Waals surface area (Å²) in [5, 5.41) is 15.3. The number of amides is 1. The van der Waals surface area contributed by atoms with Crippen molar-refractivity contribution in [2.75, 3.05) is 25.1 Å². The van der Waals surface area contributed by atoms with Crippen molar-refractivity contribution in [2.45, 2.75) is 45.3 Å². The van der Waals surface area contributed by atoms with E-state index in [1.54, 1.807) is 12.1 Å². The number of nitrogens with one attached hydrogen (secondary N) is 2. The van der Waals surface area contributed by atoms with Gasteiger partial charge in [0.15, 0.2) is 11.5 Å². The van der Waals surface area contributed by atoms with Gasteiger partial charge in [-0.05, 0) is 31.4 Å². The number of carbonyl (C=O) groups is 1. The van der Waals surface area contributed by atoms with Gasteiger partial charge < -0.3 is 25.2 Å². The Labute approximate surface area is 137 Å². The van der Waals surface area contributed by atoms with Gasteiger partial charge in [-0.25, -0.2) is 0 Å². The molecule has 0 aromatic heterocycles. The first-order chi connectivity index (χ1) is 11.1. The van der Waals surface area contributed by atoms with Gasteiger partial charge in [-0.2, -0.15) is 0 Å². The molecular formula is C17H26N2O4. The molecule has 2 unspecified atom stereocenters. The number of benzene rings is 1. The van der Waals surface area contributed by atoms with Gasteiger partial charge in [-0.3, -0.25) is 4.79 Å². The molecule has 2 rings (SSSR count). The Morgan fingerprint density at radius 3 is 2.57 bits per heavy atom. The first-order valence-corrected chi connectivity index (χ1v) is 8.26. The molecule has 6 nitrogen and oxygen atoms in total. The van der Waals surface area contributed by atoms with E-state index < -0.39 is 6.10 Å². The highest BCUT2D eigenvalue weighted by atomic mass is 16.5. The van der Waals surface area contributed by atoms with Gasteiger partial charge in [0.05, 0.1) is 25.4 Å². The molecule has 23 heavy (non-hydrogen) atoms. The zero-order chi connectivity index (χ0) is 16.7. The molecular weight excluding hydrogens is 296 g/mol. The summed E-state index contributed by atoms with van der Waals surface area (Å²) in [6.45, 7) is 5.75. The van der Waals surface area contributed by atoms with E-state index in [-0.39, 0.29) is 11.9 Å². The second kappa shape index (κ2) is 8.74. The number of aliphatic hydroxyl groups is 1. The van der Waals surface area contributed by atoms with E-state index in [0.717, 1.165) is 12.8 Å². The Morgan fingerprint density at radius 1 is 1.26 bits per heavy atom. The van der Waals surface area contributed by atoms with Crippen LogP contribution in [0.25, 0.3) is 0 Å². The first-order valence-electron chi connectivity index (χ1n) is 8.26. The SMILES string of the molecule is CCCOc1ccc(NC(=O)C2CC(O)CN2)cc1OCCC. The topological polar surface area (TPSA) is 79.8 Å². The number of anilines is 1. The Balaban J connectivity index is 2.04. The molecule has 1 aliphatic rings. The number of carbonyl (C=O) groups excluding carboxylic acids is 1. The number of aliphatic hydroxyl groups excluding tert-OH is 1. The van der Waals surface area contributed by atoms with Gasteiger partial charge in [-0.15, -0.1) is 0 Å². The Hall–Kier alpha value is -1.79. The van der Waals surface area contributed by atoms with Crippen LogP contribution < -0.4 is 20.1 Å². The molecule has 1 aliphatic heterocycles. The number of β-amino-alcohol motifs (C(OH)–C–C–N with tert-alkyl or cyclic N) is 1. The average Bonchev–Trinajstić information content (AvgIpc) is 2.98. The number of rotatable bonds is 8. The van der Waals surface area contributed by atoms with Crippen molar-refractivity contribution in [3.05, 3.63) is 18.2 Å². The molecule has 128 valence electrons. The Bertz CT molecular complexity index is 521. The predicted octanol–water partition coefficient (Wildman–Crippen LogP) is 1.93. The molecule has 1 heterocycles. The van der Waals surface area contributed by atoms with Gasteiger partial charge in [0, 0.05) is 18.3 Å². The summed E-state index contributed by atoms with van der Waals surface area (Å²) in [5.41, 5.74) is 0.660. The predicted molar refractivity (Wildman–Crippen MR) is 89.1 cm³/mol. The lowest BCUT2D eigenvalue weighted by Crippen LogP contribution is -2.35. The zero-order valence-electron chi connectivity index (χ0n) is 13.8. The van der Waals surface area contributed by atoms with Crippen molar-refractivity contribution in [1.29, 1.82) is 0 Å². The highest BCUT2D eigenvalue weighted by molar-refractivity contribution is 5.95. The van der Waals surface area contributed by atoms with Crippen molar-refractivity contribution < 1.29 is 19.4 Å². The van der Waals surface area contributed by atoms with Crippen molar-refractivity contribution in [2.24, 2.45) is 0 Å². The van der Waals surface area contributed by atoms with E-state index in [9.17, 15) is 9.90 Å². The molecule has 1 saturated heterocycles. The highest BCUT2D eigenvalue weighted by Crippen LogP contribution is 2.31. The molecule has 0 spiro atoms. The lowest BCUT2D eigenvalue weighted by atomic mass is 10.2. The molecule has 1 aromatic rings. The van der Waals surface area contributed by atoms with E-state index >= 15 is 0 Å². The molecule has 1 fully saturated rings. The Morgan fingerprint density at radius 2 is 1.96 bits per heavy atom. The standard InChI is InChI=1S/C17H26N2O4/c1-3-7-22-15-6-5-12(9-16(15)23-8-4-2)19-17(21)14-10-13(20)11-18-14/h5-6,9,13-14,18,20H,3-4,7-8,10-11H2,1-2H3,(H,19,21).